The second-order valence-corrected chi connectivity index (χ2v) is 6.37. The van der Waals surface area contributed by atoms with Gasteiger partial charge in [-0.25, -0.2) is 4.79 Å². The molecule has 0 saturated carbocycles. The van der Waals surface area contributed by atoms with E-state index in [1.54, 1.807) is 20.9 Å². The lowest BCUT2D eigenvalue weighted by atomic mass is 9.81. The molecule has 5 nitrogen and oxygen atoms in total. The van der Waals surface area contributed by atoms with Crippen LogP contribution in [0.4, 0.5) is 0 Å². The van der Waals surface area contributed by atoms with Gasteiger partial charge in [0, 0.05) is 5.57 Å². The Morgan fingerprint density at radius 3 is 2.00 bits per heavy atom. The number of hydrogen-bond donors (Lipinski definition) is 1. The zero-order chi connectivity index (χ0) is 16.0. The first kappa shape index (κ1) is 18.6. The van der Waals surface area contributed by atoms with Crippen molar-refractivity contribution < 1.29 is 19.1 Å². The van der Waals surface area contributed by atoms with E-state index in [9.17, 15) is 9.59 Å². The Kier molecular flexibility index (Phi) is 6.92. The summed E-state index contributed by atoms with van der Waals surface area (Å²) in [7, 11) is 1.73. The lowest BCUT2D eigenvalue weighted by molar-refractivity contribution is -0.156. The van der Waals surface area contributed by atoms with Crippen LogP contribution in [0.1, 0.15) is 41.0 Å². The van der Waals surface area contributed by atoms with E-state index in [2.05, 4.69) is 32.7 Å². The molecular formula is C15H27NO4. The fourth-order valence-electron chi connectivity index (χ4n) is 1.87. The molecule has 1 atom stereocenters. The minimum absolute atomic E-state index is 0.0107. The topological polar surface area (TPSA) is 64.6 Å². The third kappa shape index (κ3) is 6.70. The number of ether oxygens (including phenoxy) is 2. The molecule has 0 aliphatic heterocycles. The summed E-state index contributed by atoms with van der Waals surface area (Å²) in [5.74, 6) is -0.826. The molecule has 0 spiro atoms. The lowest BCUT2D eigenvalue weighted by Crippen LogP contribution is -2.51. The highest BCUT2D eigenvalue weighted by molar-refractivity contribution is 5.86. The molecule has 0 radical (unpaired) electrons. The molecule has 0 bridgehead atoms. The molecule has 0 amide bonds. The van der Waals surface area contributed by atoms with Gasteiger partial charge in [0.2, 0.25) is 0 Å². The Hall–Kier alpha value is -1.36. The Morgan fingerprint density at radius 2 is 1.60 bits per heavy atom. The molecule has 0 aromatic heterocycles. The van der Waals surface area contributed by atoms with Crippen LogP contribution >= 0.6 is 0 Å². The van der Waals surface area contributed by atoms with Gasteiger partial charge in [0.05, 0.1) is 0 Å². The maximum atomic E-state index is 12.1. The van der Waals surface area contributed by atoms with Crippen molar-refractivity contribution in [3.8, 4) is 0 Å². The first-order chi connectivity index (χ1) is 9.02. The number of carbonyl (C=O) groups is 2. The van der Waals surface area contributed by atoms with Gasteiger partial charge >= 0.3 is 11.9 Å². The molecule has 0 aliphatic carbocycles. The van der Waals surface area contributed by atoms with Crippen LogP contribution in [0.15, 0.2) is 12.2 Å². The molecule has 0 saturated heterocycles. The minimum atomic E-state index is -0.753. The SMILES string of the molecule is C=C(C)C(=O)OCCOC(=O)C(C)(CC(C)(C)C)NC. The van der Waals surface area contributed by atoms with Crippen LogP contribution in [-0.4, -0.2) is 37.7 Å². The molecule has 116 valence electrons. The van der Waals surface area contributed by atoms with Gasteiger partial charge in [-0.05, 0) is 32.7 Å². The zero-order valence-corrected chi connectivity index (χ0v) is 13.5. The van der Waals surface area contributed by atoms with Crippen LogP contribution in [0.2, 0.25) is 0 Å². The van der Waals surface area contributed by atoms with Gasteiger partial charge in [-0.15, -0.1) is 0 Å². The van der Waals surface area contributed by atoms with Crippen LogP contribution in [0.5, 0.6) is 0 Å². The van der Waals surface area contributed by atoms with Crippen LogP contribution in [0.3, 0.4) is 0 Å². The van der Waals surface area contributed by atoms with Gasteiger partial charge in [-0.3, -0.25) is 4.79 Å². The maximum Gasteiger partial charge on any atom is 0.333 e. The number of esters is 2. The summed E-state index contributed by atoms with van der Waals surface area (Å²) in [6.45, 7) is 13.1. The molecule has 0 aromatic carbocycles. The van der Waals surface area contributed by atoms with Crippen LogP contribution in [-0.2, 0) is 19.1 Å². The molecule has 0 rings (SSSR count). The van der Waals surface area contributed by atoms with Crippen molar-refractivity contribution in [2.45, 2.75) is 46.6 Å². The van der Waals surface area contributed by atoms with Crippen molar-refractivity contribution >= 4 is 11.9 Å². The van der Waals surface area contributed by atoms with Crippen molar-refractivity contribution in [1.29, 1.82) is 0 Å². The summed E-state index contributed by atoms with van der Waals surface area (Å²) in [6, 6.07) is 0. The fourth-order valence-corrected chi connectivity index (χ4v) is 1.87. The average molecular weight is 285 g/mol. The Balaban J connectivity index is 4.30. The van der Waals surface area contributed by atoms with Crippen molar-refractivity contribution in [2.75, 3.05) is 20.3 Å². The predicted octanol–water partition coefficient (Wildman–Crippen LogP) is 2.06. The van der Waals surface area contributed by atoms with Crippen molar-refractivity contribution in [1.82, 2.24) is 5.32 Å². The van der Waals surface area contributed by atoms with E-state index in [1.807, 2.05) is 0 Å². The molecule has 1 N–H and O–H groups in total. The molecule has 20 heavy (non-hydrogen) atoms. The fraction of sp³-hybridized carbons (Fsp3) is 0.733. The van der Waals surface area contributed by atoms with Gasteiger partial charge in [0.1, 0.15) is 18.8 Å². The van der Waals surface area contributed by atoms with Gasteiger partial charge in [0.15, 0.2) is 0 Å². The Bertz CT molecular complexity index is 371. The number of carbonyl (C=O) groups excluding carboxylic acids is 2. The molecule has 0 heterocycles. The highest BCUT2D eigenvalue weighted by Gasteiger charge is 2.37. The largest absolute Gasteiger partial charge is 0.461 e. The van der Waals surface area contributed by atoms with E-state index < -0.39 is 11.5 Å². The van der Waals surface area contributed by atoms with E-state index in [0.717, 1.165) is 0 Å². The van der Waals surface area contributed by atoms with Crippen molar-refractivity contribution in [3.05, 3.63) is 12.2 Å². The van der Waals surface area contributed by atoms with Gasteiger partial charge in [-0.1, -0.05) is 27.4 Å². The summed E-state index contributed by atoms with van der Waals surface area (Å²) in [6.07, 6.45) is 0.640. The quantitative estimate of drug-likeness (QED) is 0.441. The smallest absolute Gasteiger partial charge is 0.333 e. The summed E-state index contributed by atoms with van der Waals surface area (Å²) in [5, 5.41) is 3.01. The Morgan fingerprint density at radius 1 is 1.10 bits per heavy atom. The summed E-state index contributed by atoms with van der Waals surface area (Å²) in [4.78, 5) is 23.3. The Labute approximate surface area is 121 Å². The van der Waals surface area contributed by atoms with Gasteiger partial charge < -0.3 is 14.8 Å². The molecule has 0 aliphatic rings. The second-order valence-electron chi connectivity index (χ2n) is 6.37. The predicted molar refractivity (Wildman–Crippen MR) is 78.3 cm³/mol. The van der Waals surface area contributed by atoms with Crippen LogP contribution in [0.25, 0.3) is 0 Å². The number of nitrogens with one attached hydrogen (secondary N) is 1. The van der Waals surface area contributed by atoms with E-state index in [1.165, 1.54) is 0 Å². The summed E-state index contributed by atoms with van der Waals surface area (Å²) in [5.41, 5.74) is -0.441. The number of likely N-dealkylation sites (N-methyl/N-ethyl adjacent to an activating group) is 1. The molecule has 0 fully saturated rings. The van der Waals surface area contributed by atoms with E-state index in [0.29, 0.717) is 12.0 Å². The van der Waals surface area contributed by atoms with Gasteiger partial charge in [0.25, 0.3) is 0 Å². The third-order valence-corrected chi connectivity index (χ3v) is 2.78. The maximum absolute atomic E-state index is 12.1. The zero-order valence-electron chi connectivity index (χ0n) is 13.5. The summed E-state index contributed by atoms with van der Waals surface area (Å²) >= 11 is 0. The van der Waals surface area contributed by atoms with E-state index >= 15 is 0 Å². The second kappa shape index (κ2) is 7.43. The highest BCUT2D eigenvalue weighted by atomic mass is 16.6. The van der Waals surface area contributed by atoms with Crippen molar-refractivity contribution in [2.24, 2.45) is 5.41 Å². The lowest BCUT2D eigenvalue weighted by Gasteiger charge is -2.33. The van der Waals surface area contributed by atoms with Crippen LogP contribution < -0.4 is 5.32 Å². The number of rotatable bonds is 7. The normalized spacial score (nSPS) is 14.3. The minimum Gasteiger partial charge on any atom is -0.461 e. The standard InChI is InChI=1S/C15H27NO4/c1-11(2)12(17)19-8-9-20-13(18)15(6,16-7)10-14(3,4)5/h16H,1,8-10H2,2-7H3. The average Bonchev–Trinajstić information content (AvgIpc) is 2.31. The van der Waals surface area contributed by atoms with Gasteiger partial charge in [-0.2, -0.15) is 0 Å². The first-order valence-electron chi connectivity index (χ1n) is 6.70. The monoisotopic (exact) mass is 285 g/mol. The van der Waals surface area contributed by atoms with E-state index in [4.69, 9.17) is 9.47 Å². The third-order valence-electron chi connectivity index (χ3n) is 2.78. The number of hydrogen-bond acceptors (Lipinski definition) is 5. The summed E-state index contributed by atoms with van der Waals surface area (Å²) < 4.78 is 10.0. The van der Waals surface area contributed by atoms with Crippen molar-refractivity contribution in [3.63, 3.8) is 0 Å². The van der Waals surface area contributed by atoms with E-state index in [-0.39, 0.29) is 24.6 Å². The highest BCUT2D eigenvalue weighted by Crippen LogP contribution is 2.27. The van der Waals surface area contributed by atoms with Crippen LogP contribution in [0, 0.1) is 5.41 Å². The molecule has 5 heteroatoms. The molecule has 0 aromatic rings. The molecular weight excluding hydrogens is 258 g/mol. The molecule has 1 unspecified atom stereocenters. The first-order valence-corrected chi connectivity index (χ1v) is 6.70.